The lowest BCUT2D eigenvalue weighted by Crippen LogP contribution is -2.24. The lowest BCUT2D eigenvalue weighted by Gasteiger charge is -2.07. The molecule has 3 N–H and O–H groups in total. The van der Waals surface area contributed by atoms with E-state index in [1.807, 2.05) is 6.07 Å². The van der Waals surface area contributed by atoms with Gasteiger partial charge < -0.3 is 11.1 Å². The first-order chi connectivity index (χ1) is 8.09. The van der Waals surface area contributed by atoms with E-state index < -0.39 is 0 Å². The predicted molar refractivity (Wildman–Crippen MR) is 69.7 cm³/mol. The summed E-state index contributed by atoms with van der Waals surface area (Å²) in [5, 5.41) is 3.29. The fourth-order valence-electron chi connectivity index (χ4n) is 1.58. The fourth-order valence-corrected chi connectivity index (χ4v) is 1.58. The number of carbonyl (C=O) groups excluding carboxylic acids is 1. The summed E-state index contributed by atoms with van der Waals surface area (Å²) < 4.78 is 0. The quantitative estimate of drug-likeness (QED) is 0.704. The van der Waals surface area contributed by atoms with Crippen molar-refractivity contribution in [3.63, 3.8) is 0 Å². The summed E-state index contributed by atoms with van der Waals surface area (Å²) in [6, 6.07) is 4.13. The van der Waals surface area contributed by atoms with Gasteiger partial charge in [0.05, 0.1) is 0 Å². The van der Waals surface area contributed by atoms with Crippen molar-refractivity contribution in [1.29, 1.82) is 0 Å². The number of anilines is 1. The van der Waals surface area contributed by atoms with E-state index in [4.69, 9.17) is 5.73 Å². The van der Waals surface area contributed by atoms with Crippen LogP contribution in [-0.4, -0.2) is 23.4 Å². The minimum atomic E-state index is 0.218. The Hall–Kier alpha value is -1.42. The summed E-state index contributed by atoms with van der Waals surface area (Å²) in [5.74, 6) is 0.677. The zero-order chi connectivity index (χ0) is 12.7. The van der Waals surface area contributed by atoms with E-state index in [0.717, 1.165) is 18.5 Å². The van der Waals surface area contributed by atoms with Gasteiger partial charge in [-0.25, -0.2) is 4.98 Å². The second-order valence-corrected chi connectivity index (χ2v) is 4.48. The van der Waals surface area contributed by atoms with Gasteiger partial charge in [-0.1, -0.05) is 19.9 Å². The topological polar surface area (TPSA) is 68.0 Å². The number of hydrogen-bond donors (Lipinski definition) is 2. The largest absolute Gasteiger partial charge is 0.383 e. The van der Waals surface area contributed by atoms with E-state index in [-0.39, 0.29) is 5.78 Å². The van der Waals surface area contributed by atoms with Crippen molar-refractivity contribution in [1.82, 2.24) is 10.3 Å². The Kier molecular flexibility index (Phi) is 5.63. The number of rotatable bonds is 7. The lowest BCUT2D eigenvalue weighted by atomic mass is 10.1. The van der Waals surface area contributed by atoms with Crippen molar-refractivity contribution in [2.75, 3.05) is 12.3 Å². The molecule has 0 saturated carbocycles. The van der Waals surface area contributed by atoms with Gasteiger partial charge in [0.2, 0.25) is 0 Å². The van der Waals surface area contributed by atoms with Crippen LogP contribution in [0, 0.1) is 0 Å². The number of aromatic nitrogens is 1. The molecule has 1 rings (SSSR count). The minimum absolute atomic E-state index is 0.218. The molecule has 4 nitrogen and oxygen atoms in total. The molecule has 4 heteroatoms. The Balaban J connectivity index is 2.28. The predicted octanol–water partition coefficient (Wildman–Crippen LogP) is 1.55. The van der Waals surface area contributed by atoms with Gasteiger partial charge in [-0.3, -0.25) is 4.79 Å². The molecule has 0 aliphatic rings. The average Bonchev–Trinajstić information content (AvgIpc) is 2.27. The number of pyridine rings is 1. The van der Waals surface area contributed by atoms with E-state index in [1.165, 1.54) is 0 Å². The summed E-state index contributed by atoms with van der Waals surface area (Å²) in [7, 11) is 0. The highest BCUT2D eigenvalue weighted by molar-refractivity contribution is 5.81. The average molecular weight is 235 g/mol. The molecule has 0 unspecified atom stereocenters. The lowest BCUT2D eigenvalue weighted by molar-refractivity contribution is -0.118. The van der Waals surface area contributed by atoms with Gasteiger partial charge in [0.15, 0.2) is 0 Å². The Labute approximate surface area is 103 Å². The van der Waals surface area contributed by atoms with Gasteiger partial charge in [0, 0.05) is 30.6 Å². The SMILES string of the molecule is CC(C)NCCCC(=O)Cc1cccnc1N. The molecular formula is C13H21N3O. The third kappa shape index (κ3) is 5.45. The number of hydrogen-bond acceptors (Lipinski definition) is 4. The van der Waals surface area contributed by atoms with Crippen molar-refractivity contribution in [3.05, 3.63) is 23.9 Å². The molecule has 1 heterocycles. The highest BCUT2D eigenvalue weighted by Crippen LogP contribution is 2.09. The van der Waals surface area contributed by atoms with Crippen molar-refractivity contribution in [2.24, 2.45) is 0 Å². The first kappa shape index (κ1) is 13.6. The van der Waals surface area contributed by atoms with Crippen LogP contribution in [-0.2, 0) is 11.2 Å². The highest BCUT2D eigenvalue weighted by Gasteiger charge is 2.06. The number of nitrogens with zero attached hydrogens (tertiary/aromatic N) is 1. The van der Waals surface area contributed by atoms with Crippen molar-refractivity contribution >= 4 is 11.6 Å². The molecule has 0 fully saturated rings. The fraction of sp³-hybridized carbons (Fsp3) is 0.538. The zero-order valence-corrected chi connectivity index (χ0v) is 10.6. The number of nitrogen functional groups attached to an aromatic ring is 1. The summed E-state index contributed by atoms with van der Waals surface area (Å²) >= 11 is 0. The molecule has 17 heavy (non-hydrogen) atoms. The first-order valence-corrected chi connectivity index (χ1v) is 6.04. The Morgan fingerprint density at radius 1 is 1.53 bits per heavy atom. The third-order valence-electron chi connectivity index (χ3n) is 2.50. The Bertz CT molecular complexity index is 363. The Morgan fingerprint density at radius 3 is 2.94 bits per heavy atom. The molecule has 0 aliphatic heterocycles. The van der Waals surface area contributed by atoms with E-state index in [2.05, 4.69) is 24.1 Å². The molecule has 0 aromatic carbocycles. The molecule has 0 spiro atoms. The molecule has 1 aromatic heterocycles. The molecule has 1 aromatic rings. The molecule has 0 bridgehead atoms. The van der Waals surface area contributed by atoms with Gasteiger partial charge in [0.25, 0.3) is 0 Å². The number of ketones is 1. The number of Topliss-reactive ketones (excluding diaryl/α,β-unsaturated/α-hetero) is 1. The van der Waals surface area contributed by atoms with Gasteiger partial charge in [-0.15, -0.1) is 0 Å². The molecule has 0 amide bonds. The van der Waals surface area contributed by atoms with Crippen LogP contribution in [0.15, 0.2) is 18.3 Å². The summed E-state index contributed by atoms with van der Waals surface area (Å²) in [6.45, 7) is 5.07. The van der Waals surface area contributed by atoms with Crippen molar-refractivity contribution in [3.8, 4) is 0 Å². The molecule has 0 aliphatic carbocycles. The number of nitrogens with one attached hydrogen (secondary N) is 1. The third-order valence-corrected chi connectivity index (χ3v) is 2.50. The maximum atomic E-state index is 11.7. The van der Waals surface area contributed by atoms with Crippen LogP contribution in [0.5, 0.6) is 0 Å². The molecular weight excluding hydrogens is 214 g/mol. The van der Waals surface area contributed by atoms with Gasteiger partial charge in [-0.05, 0) is 19.0 Å². The minimum Gasteiger partial charge on any atom is -0.383 e. The maximum Gasteiger partial charge on any atom is 0.137 e. The second kappa shape index (κ2) is 7.01. The molecule has 0 atom stereocenters. The van der Waals surface area contributed by atoms with E-state index in [0.29, 0.717) is 24.7 Å². The van der Waals surface area contributed by atoms with Crippen LogP contribution in [0.25, 0.3) is 0 Å². The summed E-state index contributed by atoms with van der Waals surface area (Å²) in [4.78, 5) is 15.7. The molecule has 0 saturated heterocycles. The second-order valence-electron chi connectivity index (χ2n) is 4.48. The monoisotopic (exact) mass is 235 g/mol. The number of nitrogens with two attached hydrogens (primary N) is 1. The smallest absolute Gasteiger partial charge is 0.137 e. The molecule has 0 radical (unpaired) electrons. The summed E-state index contributed by atoms with van der Waals surface area (Å²) in [5.41, 5.74) is 6.52. The van der Waals surface area contributed by atoms with Crippen LogP contribution in [0.3, 0.4) is 0 Å². The highest BCUT2D eigenvalue weighted by atomic mass is 16.1. The van der Waals surface area contributed by atoms with Gasteiger partial charge >= 0.3 is 0 Å². The first-order valence-electron chi connectivity index (χ1n) is 6.04. The Morgan fingerprint density at radius 2 is 2.29 bits per heavy atom. The normalized spacial score (nSPS) is 10.8. The van der Waals surface area contributed by atoms with E-state index >= 15 is 0 Å². The zero-order valence-electron chi connectivity index (χ0n) is 10.6. The van der Waals surface area contributed by atoms with Gasteiger partial charge in [0.1, 0.15) is 11.6 Å². The van der Waals surface area contributed by atoms with Gasteiger partial charge in [-0.2, -0.15) is 0 Å². The van der Waals surface area contributed by atoms with Crippen LogP contribution < -0.4 is 11.1 Å². The van der Waals surface area contributed by atoms with Crippen LogP contribution in [0.4, 0.5) is 5.82 Å². The maximum absolute atomic E-state index is 11.7. The van der Waals surface area contributed by atoms with Crippen LogP contribution >= 0.6 is 0 Å². The van der Waals surface area contributed by atoms with Crippen LogP contribution in [0.1, 0.15) is 32.3 Å². The molecule has 94 valence electrons. The standard InChI is InChI=1S/C13H21N3O/c1-10(2)15-7-4-6-12(17)9-11-5-3-8-16-13(11)14/h3,5,8,10,15H,4,6-7,9H2,1-2H3,(H2,14,16). The number of carbonyl (C=O) groups is 1. The van der Waals surface area contributed by atoms with E-state index in [1.54, 1.807) is 12.3 Å². The van der Waals surface area contributed by atoms with Crippen molar-refractivity contribution in [2.45, 2.75) is 39.2 Å². The van der Waals surface area contributed by atoms with E-state index in [9.17, 15) is 4.79 Å². The van der Waals surface area contributed by atoms with Crippen molar-refractivity contribution < 1.29 is 4.79 Å². The van der Waals surface area contributed by atoms with Crippen LogP contribution in [0.2, 0.25) is 0 Å². The summed E-state index contributed by atoms with van der Waals surface area (Å²) in [6.07, 6.45) is 3.49.